The number of fused-ring (bicyclic) bond motifs is 1. The number of thioether (sulfide) groups is 1. The number of carbonyl (C=O) groups excluding carboxylic acids is 1. The molecule has 1 amide bonds. The van der Waals surface area contributed by atoms with E-state index in [1.165, 1.54) is 0 Å². The fourth-order valence-corrected chi connectivity index (χ4v) is 2.83. The van der Waals surface area contributed by atoms with Gasteiger partial charge in [0.25, 0.3) is 5.91 Å². The Morgan fingerprint density at radius 3 is 3.00 bits per heavy atom. The molecule has 1 aromatic carbocycles. The number of amides is 1. The molecule has 0 atom stereocenters. The lowest BCUT2D eigenvalue weighted by molar-refractivity contribution is 0.0950. The highest BCUT2D eigenvalue weighted by Gasteiger charge is 2.07. The first-order valence-corrected chi connectivity index (χ1v) is 8.44. The largest absolute Gasteiger partial charge is 0.346 e. The van der Waals surface area contributed by atoms with Crippen molar-refractivity contribution in [3.05, 3.63) is 71.7 Å². The Labute approximate surface area is 133 Å². The molecule has 112 valence electrons. The summed E-state index contributed by atoms with van der Waals surface area (Å²) < 4.78 is 1.95. The molecule has 22 heavy (non-hydrogen) atoms. The van der Waals surface area contributed by atoms with Crippen molar-refractivity contribution in [1.29, 1.82) is 0 Å². The Morgan fingerprint density at radius 1 is 1.27 bits per heavy atom. The van der Waals surface area contributed by atoms with Gasteiger partial charge < -0.3 is 9.72 Å². The molecule has 3 aromatic rings. The average Bonchev–Trinajstić information content (AvgIpc) is 2.96. The minimum atomic E-state index is -0.0694. The van der Waals surface area contributed by atoms with Crippen molar-refractivity contribution in [2.45, 2.75) is 12.3 Å². The van der Waals surface area contributed by atoms with Crippen LogP contribution in [0.1, 0.15) is 21.6 Å². The molecule has 0 aliphatic rings. The zero-order valence-corrected chi connectivity index (χ0v) is 13.1. The number of hydrogen-bond acceptors (Lipinski definition) is 3. The molecule has 0 fully saturated rings. The summed E-state index contributed by atoms with van der Waals surface area (Å²) in [4.78, 5) is 16.7. The molecule has 1 N–H and O–H groups in total. The molecule has 0 bridgehead atoms. The van der Waals surface area contributed by atoms with E-state index in [2.05, 4.69) is 16.6 Å². The van der Waals surface area contributed by atoms with Crippen LogP contribution in [0, 0.1) is 0 Å². The van der Waals surface area contributed by atoms with Gasteiger partial charge in [-0.2, -0.15) is 11.8 Å². The van der Waals surface area contributed by atoms with Crippen molar-refractivity contribution >= 4 is 23.3 Å². The summed E-state index contributed by atoms with van der Waals surface area (Å²) in [6.07, 6.45) is 5.93. The fourth-order valence-electron chi connectivity index (χ4n) is 2.31. The van der Waals surface area contributed by atoms with Crippen LogP contribution in [0.5, 0.6) is 0 Å². The van der Waals surface area contributed by atoms with Crippen molar-refractivity contribution in [2.24, 2.45) is 0 Å². The van der Waals surface area contributed by atoms with Crippen LogP contribution in [0.25, 0.3) is 5.65 Å². The van der Waals surface area contributed by atoms with E-state index in [9.17, 15) is 4.79 Å². The molecule has 3 rings (SSSR count). The first kappa shape index (κ1) is 14.7. The predicted molar refractivity (Wildman–Crippen MR) is 90.0 cm³/mol. The van der Waals surface area contributed by atoms with Gasteiger partial charge in [-0.1, -0.05) is 18.2 Å². The van der Waals surface area contributed by atoms with Crippen LogP contribution in [0.4, 0.5) is 0 Å². The summed E-state index contributed by atoms with van der Waals surface area (Å²) in [5.74, 6) is 0.841. The van der Waals surface area contributed by atoms with Gasteiger partial charge in [0.15, 0.2) is 0 Å². The minimum absolute atomic E-state index is 0.0694. The van der Waals surface area contributed by atoms with Crippen molar-refractivity contribution in [1.82, 2.24) is 14.7 Å². The van der Waals surface area contributed by atoms with Gasteiger partial charge in [-0.25, -0.2) is 4.98 Å². The van der Waals surface area contributed by atoms with E-state index in [4.69, 9.17) is 0 Å². The SMILES string of the molecule is CSCc1cccc(C(=O)NCc2cn3ccccc3n2)c1. The minimum Gasteiger partial charge on any atom is -0.346 e. The molecule has 0 aliphatic carbocycles. The maximum Gasteiger partial charge on any atom is 0.251 e. The number of aromatic nitrogens is 2. The quantitative estimate of drug-likeness (QED) is 0.787. The number of carbonyl (C=O) groups is 1. The second-order valence-corrected chi connectivity index (χ2v) is 5.88. The third kappa shape index (κ3) is 3.31. The Hall–Kier alpha value is -2.27. The number of pyridine rings is 1. The molecule has 0 radical (unpaired) electrons. The molecule has 0 saturated carbocycles. The monoisotopic (exact) mass is 311 g/mol. The van der Waals surface area contributed by atoms with Gasteiger partial charge in [0, 0.05) is 23.7 Å². The average molecular weight is 311 g/mol. The van der Waals surface area contributed by atoms with E-state index in [-0.39, 0.29) is 5.91 Å². The van der Waals surface area contributed by atoms with Gasteiger partial charge >= 0.3 is 0 Å². The molecule has 0 saturated heterocycles. The summed E-state index contributed by atoms with van der Waals surface area (Å²) in [6, 6.07) is 13.6. The summed E-state index contributed by atoms with van der Waals surface area (Å²) in [6.45, 7) is 0.424. The first-order valence-electron chi connectivity index (χ1n) is 7.05. The zero-order valence-electron chi connectivity index (χ0n) is 12.3. The first-order chi connectivity index (χ1) is 10.8. The van der Waals surface area contributed by atoms with Gasteiger partial charge in [-0.05, 0) is 36.1 Å². The van der Waals surface area contributed by atoms with E-state index in [0.29, 0.717) is 12.1 Å². The van der Waals surface area contributed by atoms with E-state index in [1.54, 1.807) is 11.8 Å². The zero-order chi connectivity index (χ0) is 15.4. The molecular weight excluding hydrogens is 294 g/mol. The molecule has 0 unspecified atom stereocenters. The Bertz CT molecular complexity index is 764. The summed E-state index contributed by atoms with van der Waals surface area (Å²) in [7, 11) is 0. The highest BCUT2D eigenvalue weighted by molar-refractivity contribution is 7.97. The Kier molecular flexibility index (Phi) is 4.44. The molecule has 0 aliphatic heterocycles. The van der Waals surface area contributed by atoms with Crippen molar-refractivity contribution in [3.63, 3.8) is 0 Å². The number of hydrogen-bond donors (Lipinski definition) is 1. The third-order valence-corrected chi connectivity index (χ3v) is 3.97. The second kappa shape index (κ2) is 6.66. The fraction of sp³-hybridized carbons (Fsp3) is 0.176. The Morgan fingerprint density at radius 2 is 2.18 bits per heavy atom. The lowest BCUT2D eigenvalue weighted by Gasteiger charge is -2.05. The molecule has 2 aromatic heterocycles. The normalized spacial score (nSPS) is 10.8. The molecular formula is C17H17N3OS. The number of rotatable bonds is 5. The van der Waals surface area contributed by atoms with Crippen molar-refractivity contribution in [2.75, 3.05) is 6.26 Å². The smallest absolute Gasteiger partial charge is 0.251 e. The predicted octanol–water partition coefficient (Wildman–Crippen LogP) is 3.13. The lowest BCUT2D eigenvalue weighted by Crippen LogP contribution is -2.23. The number of benzene rings is 1. The molecule has 2 heterocycles. The standard InChI is InChI=1S/C17H17N3OS/c1-22-12-13-5-4-6-14(9-13)17(21)18-10-15-11-20-8-3-2-7-16(20)19-15/h2-9,11H,10,12H2,1H3,(H,18,21). The Balaban J connectivity index is 1.67. The highest BCUT2D eigenvalue weighted by Crippen LogP contribution is 2.11. The summed E-state index contributed by atoms with van der Waals surface area (Å²) in [5, 5.41) is 2.92. The van der Waals surface area contributed by atoms with Crippen LogP contribution in [0.3, 0.4) is 0 Å². The van der Waals surface area contributed by atoms with Gasteiger partial charge in [0.05, 0.1) is 12.2 Å². The number of imidazole rings is 1. The maximum absolute atomic E-state index is 12.2. The van der Waals surface area contributed by atoms with E-state index in [0.717, 1.165) is 22.7 Å². The van der Waals surface area contributed by atoms with Crippen molar-refractivity contribution in [3.8, 4) is 0 Å². The second-order valence-electron chi connectivity index (χ2n) is 5.01. The number of nitrogens with zero attached hydrogens (tertiary/aromatic N) is 2. The van der Waals surface area contributed by atoms with Gasteiger partial charge in [-0.3, -0.25) is 4.79 Å². The van der Waals surface area contributed by atoms with Crippen LogP contribution in [-0.4, -0.2) is 21.5 Å². The molecule has 0 spiro atoms. The summed E-state index contributed by atoms with van der Waals surface area (Å²) in [5.41, 5.74) is 3.58. The molecule has 4 nitrogen and oxygen atoms in total. The van der Waals surface area contributed by atoms with Crippen molar-refractivity contribution < 1.29 is 4.79 Å². The van der Waals surface area contributed by atoms with Gasteiger partial charge in [0.1, 0.15) is 5.65 Å². The third-order valence-electron chi connectivity index (χ3n) is 3.34. The maximum atomic E-state index is 12.2. The van der Waals surface area contributed by atoms with Crippen LogP contribution in [-0.2, 0) is 12.3 Å². The van der Waals surface area contributed by atoms with E-state index in [1.807, 2.05) is 59.3 Å². The van der Waals surface area contributed by atoms with Gasteiger partial charge in [-0.15, -0.1) is 0 Å². The molecule has 5 heteroatoms. The lowest BCUT2D eigenvalue weighted by atomic mass is 10.1. The topological polar surface area (TPSA) is 46.4 Å². The van der Waals surface area contributed by atoms with E-state index < -0.39 is 0 Å². The van der Waals surface area contributed by atoms with E-state index >= 15 is 0 Å². The van der Waals surface area contributed by atoms with Gasteiger partial charge in [0.2, 0.25) is 0 Å². The number of nitrogens with one attached hydrogen (secondary N) is 1. The van der Waals surface area contributed by atoms with Crippen LogP contribution in [0.2, 0.25) is 0 Å². The van der Waals surface area contributed by atoms with Crippen LogP contribution in [0.15, 0.2) is 54.9 Å². The van der Waals surface area contributed by atoms with Crippen LogP contribution >= 0.6 is 11.8 Å². The van der Waals surface area contributed by atoms with Crippen LogP contribution < -0.4 is 5.32 Å². The highest BCUT2D eigenvalue weighted by atomic mass is 32.2. The summed E-state index contributed by atoms with van der Waals surface area (Å²) >= 11 is 1.74.